The maximum atomic E-state index is 14.8. The lowest BCUT2D eigenvalue weighted by Crippen LogP contribution is -2.48. The van der Waals surface area contributed by atoms with Gasteiger partial charge in [0, 0.05) is 40.1 Å². The molecule has 0 aliphatic rings. The minimum Gasteiger partial charge on any atom is -0.463 e. The average molecular weight is 661 g/mol. The third-order valence-electron chi connectivity index (χ3n) is 6.05. The van der Waals surface area contributed by atoms with E-state index in [0.29, 0.717) is 29.5 Å². The van der Waals surface area contributed by atoms with Crippen LogP contribution in [-0.4, -0.2) is 5.91 Å². The van der Waals surface area contributed by atoms with Crippen LogP contribution in [0.1, 0.15) is 44.1 Å². The number of halogens is 8. The summed E-state index contributed by atoms with van der Waals surface area (Å²) in [6, 6.07) is 15.7. The molecule has 0 fully saturated rings. The van der Waals surface area contributed by atoms with Gasteiger partial charge in [-0.1, -0.05) is 30.3 Å². The SMILES string of the molecule is Cc1ccc(C(Cc2ccccc2)(NC(=O)c2ccc(F)c(C(F)(F)F)c2)c2cc(F)cc(C(F)(F)I)c2)o1. The number of amides is 1. The van der Waals surface area contributed by atoms with Crippen molar-refractivity contribution in [1.82, 2.24) is 5.32 Å². The van der Waals surface area contributed by atoms with Crippen LogP contribution < -0.4 is 5.32 Å². The van der Waals surface area contributed by atoms with Gasteiger partial charge in [0.05, 0.1) is 5.56 Å². The number of hydrogen-bond donors (Lipinski definition) is 1. The molecule has 3 nitrogen and oxygen atoms in total. The summed E-state index contributed by atoms with van der Waals surface area (Å²) in [5.41, 5.74) is -4.35. The van der Waals surface area contributed by atoms with Crippen LogP contribution in [0.2, 0.25) is 0 Å². The average Bonchev–Trinajstić information content (AvgIpc) is 3.29. The quantitative estimate of drug-likeness (QED) is 0.123. The van der Waals surface area contributed by atoms with Crippen LogP contribution in [0.5, 0.6) is 0 Å². The van der Waals surface area contributed by atoms with Crippen molar-refractivity contribution in [3.8, 4) is 0 Å². The zero-order valence-electron chi connectivity index (χ0n) is 20.1. The first-order valence-corrected chi connectivity index (χ1v) is 12.5. The highest BCUT2D eigenvalue weighted by atomic mass is 127. The van der Waals surface area contributed by atoms with Crippen molar-refractivity contribution in [2.45, 2.75) is 29.0 Å². The Balaban J connectivity index is 1.96. The van der Waals surface area contributed by atoms with Crippen LogP contribution in [0.4, 0.5) is 30.7 Å². The normalized spacial score (nSPS) is 13.7. The van der Waals surface area contributed by atoms with Gasteiger partial charge in [-0.3, -0.25) is 4.79 Å². The number of furan rings is 1. The first-order chi connectivity index (χ1) is 18.2. The fraction of sp³-hybridized carbons (Fsp3) is 0.179. The van der Waals surface area contributed by atoms with Crippen molar-refractivity contribution in [3.63, 3.8) is 0 Å². The van der Waals surface area contributed by atoms with E-state index in [9.17, 15) is 35.5 Å². The molecule has 0 saturated heterocycles. The van der Waals surface area contributed by atoms with Gasteiger partial charge in [0.15, 0.2) is 0 Å². The molecular formula is C28H19F7INO2. The molecular weight excluding hydrogens is 642 g/mol. The predicted octanol–water partition coefficient (Wildman–Crippen LogP) is 8.29. The van der Waals surface area contributed by atoms with Crippen LogP contribution in [0.3, 0.4) is 0 Å². The Hall–Kier alpha value is -3.35. The van der Waals surface area contributed by atoms with Gasteiger partial charge < -0.3 is 9.73 Å². The fourth-order valence-electron chi connectivity index (χ4n) is 4.22. The van der Waals surface area contributed by atoms with Gasteiger partial charge >= 0.3 is 10.1 Å². The summed E-state index contributed by atoms with van der Waals surface area (Å²) in [4.78, 5) is 13.5. The van der Waals surface area contributed by atoms with Gasteiger partial charge in [-0.05, 0) is 66.6 Å². The van der Waals surface area contributed by atoms with Crippen LogP contribution in [-0.2, 0) is 22.1 Å². The molecule has 1 heterocycles. The van der Waals surface area contributed by atoms with Gasteiger partial charge in [-0.2, -0.15) is 22.0 Å². The molecule has 1 aromatic heterocycles. The third-order valence-corrected chi connectivity index (χ3v) is 6.67. The summed E-state index contributed by atoms with van der Waals surface area (Å²) in [5.74, 6) is -3.32. The van der Waals surface area contributed by atoms with Crippen LogP contribution in [0.25, 0.3) is 0 Å². The summed E-state index contributed by atoms with van der Waals surface area (Å²) >= 11 is 0.842. The maximum absolute atomic E-state index is 14.8. The molecule has 0 saturated carbocycles. The van der Waals surface area contributed by atoms with Crippen molar-refractivity contribution < 1.29 is 39.9 Å². The highest BCUT2D eigenvalue weighted by Gasteiger charge is 2.42. The Kier molecular flexibility index (Phi) is 7.84. The lowest BCUT2D eigenvalue weighted by molar-refractivity contribution is -0.140. The summed E-state index contributed by atoms with van der Waals surface area (Å²) in [5, 5.41) is 2.61. The first-order valence-electron chi connectivity index (χ1n) is 11.4. The number of rotatable bonds is 7. The standard InChI is InChI=1S/C28H19F7INO2/c1-16-7-10-24(39-16)26(15-17-5-3-2-4-6-17,19-12-20(28(34,35)36)14-21(29)13-19)37-25(38)18-8-9-23(30)22(11-18)27(31,32)33/h2-14H,15H2,1H3,(H,37,38). The van der Waals surface area contributed by atoms with Crippen LogP contribution >= 0.6 is 22.6 Å². The Morgan fingerprint density at radius 1 is 0.872 bits per heavy atom. The summed E-state index contributed by atoms with van der Waals surface area (Å²) < 4.78 is 99.7. The number of carbonyl (C=O) groups is 1. The zero-order valence-corrected chi connectivity index (χ0v) is 22.2. The molecule has 11 heteroatoms. The maximum Gasteiger partial charge on any atom is 0.419 e. The van der Waals surface area contributed by atoms with Crippen molar-refractivity contribution in [2.75, 3.05) is 0 Å². The first kappa shape index (κ1) is 28.7. The molecule has 1 amide bonds. The third kappa shape index (κ3) is 6.29. The van der Waals surface area contributed by atoms with E-state index >= 15 is 0 Å². The Labute approximate surface area is 232 Å². The fourth-order valence-corrected chi connectivity index (χ4v) is 4.54. The number of alkyl halides is 6. The molecule has 204 valence electrons. The lowest BCUT2D eigenvalue weighted by Gasteiger charge is -2.35. The van der Waals surface area contributed by atoms with Crippen LogP contribution in [0.15, 0.2) is 83.3 Å². The lowest BCUT2D eigenvalue weighted by atomic mass is 9.80. The molecule has 0 aliphatic heterocycles. The smallest absolute Gasteiger partial charge is 0.419 e. The number of aryl methyl sites for hydroxylation is 1. The van der Waals surface area contributed by atoms with Gasteiger partial charge in [0.2, 0.25) is 0 Å². The van der Waals surface area contributed by atoms with E-state index in [4.69, 9.17) is 4.42 Å². The molecule has 0 spiro atoms. The number of hydrogen-bond acceptors (Lipinski definition) is 2. The number of nitrogens with one attached hydrogen (secondary N) is 1. The minimum absolute atomic E-state index is 0.0173. The van der Waals surface area contributed by atoms with E-state index in [1.807, 2.05) is 0 Å². The van der Waals surface area contributed by atoms with E-state index < -0.39 is 49.9 Å². The highest BCUT2D eigenvalue weighted by Crippen LogP contribution is 2.41. The van der Waals surface area contributed by atoms with Crippen molar-refractivity contribution in [1.29, 1.82) is 0 Å². The van der Waals surface area contributed by atoms with Gasteiger partial charge in [0.25, 0.3) is 5.91 Å². The second-order valence-electron chi connectivity index (χ2n) is 8.85. The molecule has 3 aromatic carbocycles. The molecule has 0 bridgehead atoms. The molecule has 4 aromatic rings. The van der Waals surface area contributed by atoms with Crippen LogP contribution in [0, 0.1) is 18.6 Å². The largest absolute Gasteiger partial charge is 0.463 e. The van der Waals surface area contributed by atoms with E-state index in [1.165, 1.54) is 12.1 Å². The van der Waals surface area contributed by atoms with Crippen molar-refractivity contribution >= 4 is 28.5 Å². The monoisotopic (exact) mass is 661 g/mol. The summed E-state index contributed by atoms with van der Waals surface area (Å²) in [7, 11) is 0. The van der Waals surface area contributed by atoms with E-state index in [0.717, 1.165) is 40.8 Å². The summed E-state index contributed by atoms with van der Waals surface area (Å²) in [6.07, 6.45) is -5.24. The molecule has 4 rings (SSSR count). The van der Waals surface area contributed by atoms with E-state index in [1.54, 1.807) is 37.3 Å². The van der Waals surface area contributed by atoms with E-state index in [2.05, 4.69) is 5.32 Å². The number of carbonyl (C=O) groups excluding carboxylic acids is 1. The molecule has 1 unspecified atom stereocenters. The van der Waals surface area contributed by atoms with Crippen molar-refractivity contribution in [3.05, 3.63) is 130 Å². The molecule has 1 atom stereocenters. The molecule has 0 aliphatic carbocycles. The van der Waals surface area contributed by atoms with E-state index in [-0.39, 0.29) is 17.7 Å². The second kappa shape index (κ2) is 10.7. The van der Waals surface area contributed by atoms with Gasteiger partial charge in [0.1, 0.15) is 28.7 Å². The minimum atomic E-state index is -5.08. The van der Waals surface area contributed by atoms with Crippen molar-refractivity contribution in [2.24, 2.45) is 0 Å². The molecule has 1 N–H and O–H groups in total. The Bertz CT molecular complexity index is 1500. The van der Waals surface area contributed by atoms with Gasteiger partial charge in [-0.15, -0.1) is 0 Å². The predicted molar refractivity (Wildman–Crippen MR) is 138 cm³/mol. The summed E-state index contributed by atoms with van der Waals surface area (Å²) in [6.45, 7) is 1.59. The topological polar surface area (TPSA) is 42.2 Å². The molecule has 0 radical (unpaired) electrons. The Morgan fingerprint density at radius 2 is 1.54 bits per heavy atom. The second-order valence-corrected chi connectivity index (χ2v) is 10.2. The number of benzene rings is 3. The van der Waals surface area contributed by atoms with Gasteiger partial charge in [-0.25, -0.2) is 8.78 Å². The highest BCUT2D eigenvalue weighted by molar-refractivity contribution is 14.1. The zero-order chi connectivity index (χ0) is 28.6. The molecule has 39 heavy (non-hydrogen) atoms. The Morgan fingerprint density at radius 3 is 2.13 bits per heavy atom.